The van der Waals surface area contributed by atoms with Crippen LogP contribution in [-0.4, -0.2) is 62.2 Å². The molecule has 0 aromatic heterocycles. The summed E-state index contributed by atoms with van der Waals surface area (Å²) in [5.74, 6) is -3.36. The number of hydrogen-bond acceptors (Lipinski definition) is 5. The van der Waals surface area contributed by atoms with E-state index in [0.29, 0.717) is 0 Å². The Labute approximate surface area is 120 Å². The van der Waals surface area contributed by atoms with Crippen molar-refractivity contribution < 1.29 is 28.7 Å². The van der Waals surface area contributed by atoms with Gasteiger partial charge in [-0.25, -0.2) is 0 Å². The van der Waals surface area contributed by atoms with Gasteiger partial charge in [0, 0.05) is 14.2 Å². The third kappa shape index (κ3) is 3.03. The van der Waals surface area contributed by atoms with Crippen molar-refractivity contribution in [1.82, 2.24) is 4.57 Å². The van der Waals surface area contributed by atoms with E-state index in [1.54, 1.807) is 27.4 Å². The van der Waals surface area contributed by atoms with Crippen LogP contribution in [0.3, 0.4) is 0 Å². The van der Waals surface area contributed by atoms with Gasteiger partial charge >= 0.3 is 20.7 Å². The number of carbonyl (C=O) groups is 2. The Bertz CT molecular complexity index is 360. The van der Waals surface area contributed by atoms with Crippen molar-refractivity contribution in [3.8, 4) is 0 Å². The van der Waals surface area contributed by atoms with Crippen LogP contribution < -0.4 is 0 Å². The third-order valence-corrected chi connectivity index (χ3v) is 7.29. The van der Waals surface area contributed by atoms with Crippen molar-refractivity contribution in [2.45, 2.75) is 38.8 Å². The van der Waals surface area contributed by atoms with E-state index in [9.17, 15) is 19.8 Å². The summed E-state index contributed by atoms with van der Waals surface area (Å²) in [6.07, 6.45) is 0.344. The van der Waals surface area contributed by atoms with E-state index in [2.05, 4.69) is 0 Å². The lowest BCUT2D eigenvalue weighted by Crippen LogP contribution is -2.69. The van der Waals surface area contributed by atoms with E-state index in [0.717, 1.165) is 0 Å². The first-order chi connectivity index (χ1) is 9.17. The van der Waals surface area contributed by atoms with Crippen LogP contribution >= 0.6 is 0 Å². The van der Waals surface area contributed by atoms with Crippen LogP contribution in [0.4, 0.5) is 0 Å². The topological polar surface area (TPSA) is 96.3 Å². The zero-order valence-corrected chi connectivity index (χ0v) is 14.0. The highest BCUT2D eigenvalue weighted by atomic mass is 28.4. The summed E-state index contributed by atoms with van der Waals surface area (Å²) >= 11 is 0. The average Bonchev–Trinajstić information content (AvgIpc) is 2.42. The number of likely N-dealkylation sites (N-methyl/N-ethyl adjacent to an activating group) is 1. The first kappa shape index (κ1) is 19.0. The molecule has 0 amide bonds. The number of carboxylic acid groups (broad SMARTS) is 2. The molecule has 0 saturated carbocycles. The van der Waals surface area contributed by atoms with Gasteiger partial charge in [0.1, 0.15) is 5.54 Å². The molecule has 0 rings (SSSR count). The SMILES string of the molecule is CCC(C(=O)O)[C@@](CC)(C(=O)O)N(C)[Si](C)(OC)OC. The van der Waals surface area contributed by atoms with Crippen LogP contribution in [-0.2, 0) is 18.4 Å². The normalized spacial score (nSPS) is 16.8. The second-order valence-electron chi connectivity index (χ2n) is 4.75. The van der Waals surface area contributed by atoms with E-state index in [1.165, 1.54) is 18.8 Å². The van der Waals surface area contributed by atoms with Crippen LogP contribution in [0, 0.1) is 5.92 Å². The van der Waals surface area contributed by atoms with E-state index < -0.39 is 32.1 Å². The van der Waals surface area contributed by atoms with Gasteiger partial charge in [-0.3, -0.25) is 14.2 Å². The molecule has 1 unspecified atom stereocenters. The molecule has 0 bridgehead atoms. The second-order valence-corrected chi connectivity index (χ2v) is 8.03. The van der Waals surface area contributed by atoms with Crippen molar-refractivity contribution in [2.24, 2.45) is 5.92 Å². The molecule has 0 aliphatic carbocycles. The minimum absolute atomic E-state index is 0.138. The first-order valence-electron chi connectivity index (χ1n) is 6.48. The third-order valence-electron chi connectivity index (χ3n) is 4.16. The predicted octanol–water partition coefficient (Wildman–Crippen LogP) is 1.12. The summed E-state index contributed by atoms with van der Waals surface area (Å²) in [6, 6.07) is 0. The van der Waals surface area contributed by atoms with Gasteiger partial charge < -0.3 is 19.1 Å². The molecule has 2 N–H and O–H groups in total. The largest absolute Gasteiger partial charge is 0.481 e. The Hall–Kier alpha value is -0.963. The molecule has 118 valence electrons. The standard InChI is InChI=1S/C12H25NO6Si/c1-7-9(10(14)15)12(8-2,11(16)17)13(3)20(6,18-4)19-5/h9H,7-8H2,1-6H3,(H,14,15)(H,16,17)/t9?,12-/m0/s1. The highest BCUT2D eigenvalue weighted by Gasteiger charge is 2.57. The maximum absolute atomic E-state index is 11.9. The molecule has 0 aromatic carbocycles. The van der Waals surface area contributed by atoms with Gasteiger partial charge in [0.05, 0.1) is 5.92 Å². The van der Waals surface area contributed by atoms with Crippen LogP contribution in [0.25, 0.3) is 0 Å². The van der Waals surface area contributed by atoms with E-state index in [1.807, 2.05) is 0 Å². The van der Waals surface area contributed by atoms with E-state index in [-0.39, 0.29) is 12.8 Å². The minimum Gasteiger partial charge on any atom is -0.481 e. The van der Waals surface area contributed by atoms with Gasteiger partial charge in [0.25, 0.3) is 0 Å². The quantitative estimate of drug-likeness (QED) is 0.616. The fourth-order valence-corrected chi connectivity index (χ4v) is 4.45. The summed E-state index contributed by atoms with van der Waals surface area (Å²) in [5, 5.41) is 19.1. The lowest BCUT2D eigenvalue weighted by molar-refractivity contribution is -0.163. The molecule has 0 saturated heterocycles. The summed E-state index contributed by atoms with van der Waals surface area (Å²) in [7, 11) is 1.48. The summed E-state index contributed by atoms with van der Waals surface area (Å²) in [5.41, 5.74) is -1.56. The molecule has 0 aliphatic heterocycles. The molecule has 7 nitrogen and oxygen atoms in total. The molecule has 0 fully saturated rings. The summed E-state index contributed by atoms with van der Waals surface area (Å²) in [4.78, 5) is 23.4. The molecule has 0 radical (unpaired) electrons. The van der Waals surface area contributed by atoms with Crippen molar-refractivity contribution >= 4 is 20.7 Å². The molecule has 0 heterocycles. The van der Waals surface area contributed by atoms with Gasteiger partial charge in [-0.05, 0) is 26.4 Å². The van der Waals surface area contributed by atoms with Gasteiger partial charge in [-0.1, -0.05) is 13.8 Å². The molecule has 2 atom stereocenters. The zero-order chi connectivity index (χ0) is 16.1. The highest BCUT2D eigenvalue weighted by Crippen LogP contribution is 2.35. The molecule has 20 heavy (non-hydrogen) atoms. The van der Waals surface area contributed by atoms with Crippen molar-refractivity contribution in [3.05, 3.63) is 0 Å². The van der Waals surface area contributed by atoms with Crippen LogP contribution in [0.2, 0.25) is 6.55 Å². The van der Waals surface area contributed by atoms with Crippen LogP contribution in [0.5, 0.6) is 0 Å². The van der Waals surface area contributed by atoms with Gasteiger partial charge in [0.15, 0.2) is 0 Å². The van der Waals surface area contributed by atoms with Crippen molar-refractivity contribution in [1.29, 1.82) is 0 Å². The Morgan fingerprint density at radius 1 is 1.25 bits per heavy atom. The number of carboxylic acids is 2. The lowest BCUT2D eigenvalue weighted by Gasteiger charge is -2.47. The maximum Gasteiger partial charge on any atom is 0.424 e. The fraction of sp³-hybridized carbons (Fsp3) is 0.833. The Kier molecular flexibility index (Phi) is 6.82. The average molecular weight is 307 g/mol. The summed E-state index contributed by atoms with van der Waals surface area (Å²) in [6.45, 7) is 5.02. The van der Waals surface area contributed by atoms with E-state index in [4.69, 9.17) is 8.85 Å². The fourth-order valence-electron chi connectivity index (χ4n) is 2.60. The van der Waals surface area contributed by atoms with E-state index >= 15 is 0 Å². The lowest BCUT2D eigenvalue weighted by atomic mass is 9.80. The monoisotopic (exact) mass is 307 g/mol. The van der Waals surface area contributed by atoms with Gasteiger partial charge in [-0.2, -0.15) is 0 Å². The maximum atomic E-state index is 11.9. The second kappa shape index (κ2) is 7.16. The molecular weight excluding hydrogens is 282 g/mol. The van der Waals surface area contributed by atoms with Gasteiger partial charge in [0.2, 0.25) is 0 Å². The predicted molar refractivity (Wildman–Crippen MR) is 75.5 cm³/mol. The first-order valence-corrected chi connectivity index (χ1v) is 8.74. The molecule has 0 spiro atoms. The number of aliphatic carboxylic acids is 2. The van der Waals surface area contributed by atoms with Crippen molar-refractivity contribution in [3.63, 3.8) is 0 Å². The highest BCUT2D eigenvalue weighted by molar-refractivity contribution is 6.63. The molecule has 8 heteroatoms. The molecular formula is C12H25NO6Si. The van der Waals surface area contributed by atoms with Crippen LogP contribution in [0.1, 0.15) is 26.7 Å². The minimum atomic E-state index is -2.96. The van der Waals surface area contributed by atoms with Gasteiger partial charge in [-0.15, -0.1) is 0 Å². The smallest absolute Gasteiger partial charge is 0.424 e. The number of nitrogens with zero attached hydrogens (tertiary/aromatic N) is 1. The molecule has 0 aliphatic rings. The number of rotatable bonds is 9. The Morgan fingerprint density at radius 3 is 1.90 bits per heavy atom. The number of hydrogen-bond donors (Lipinski definition) is 2. The zero-order valence-electron chi connectivity index (χ0n) is 13.0. The van der Waals surface area contributed by atoms with Crippen molar-refractivity contribution in [2.75, 3.05) is 21.3 Å². The Morgan fingerprint density at radius 2 is 1.70 bits per heavy atom. The summed E-state index contributed by atoms with van der Waals surface area (Å²) < 4.78 is 12.2. The Balaban J connectivity index is 6.01. The molecule has 0 aromatic rings. The van der Waals surface area contributed by atoms with Crippen LogP contribution in [0.15, 0.2) is 0 Å².